The molecule has 2 aromatic carbocycles. The molecule has 3 rings (SSSR count). The van der Waals surface area contributed by atoms with Gasteiger partial charge < -0.3 is 15.1 Å². The molecule has 5 heteroatoms. The van der Waals surface area contributed by atoms with Gasteiger partial charge >= 0.3 is 6.03 Å². The molecule has 0 atom stereocenters. The van der Waals surface area contributed by atoms with E-state index in [1.165, 1.54) is 0 Å². The van der Waals surface area contributed by atoms with Gasteiger partial charge in [-0.15, -0.1) is 0 Å². The maximum absolute atomic E-state index is 12.7. The molecule has 0 saturated carbocycles. The number of hydrogen-bond donors (Lipinski definition) is 1. The van der Waals surface area contributed by atoms with Crippen LogP contribution in [0, 0.1) is 0 Å². The topological polar surface area (TPSA) is 35.6 Å². The number of rotatable bonds is 2. The van der Waals surface area contributed by atoms with Crippen LogP contribution in [-0.4, -0.2) is 37.1 Å². The maximum Gasteiger partial charge on any atom is 0.321 e. The number of amides is 2. The fourth-order valence-corrected chi connectivity index (χ4v) is 3.55. The Bertz CT molecular complexity index is 777. The highest BCUT2D eigenvalue weighted by atomic mass is 35.5. The molecule has 2 amide bonds. The van der Waals surface area contributed by atoms with E-state index in [1.54, 1.807) is 0 Å². The maximum atomic E-state index is 12.7. The molecule has 4 nitrogen and oxygen atoms in total. The third kappa shape index (κ3) is 4.13. The van der Waals surface area contributed by atoms with Crippen molar-refractivity contribution in [2.45, 2.75) is 26.2 Å². The van der Waals surface area contributed by atoms with Crippen molar-refractivity contribution in [2.24, 2.45) is 0 Å². The van der Waals surface area contributed by atoms with Gasteiger partial charge in [0.2, 0.25) is 0 Å². The number of carbonyl (C=O) groups is 1. The van der Waals surface area contributed by atoms with Gasteiger partial charge in [0, 0.05) is 31.9 Å². The van der Waals surface area contributed by atoms with E-state index in [4.69, 9.17) is 11.6 Å². The summed E-state index contributed by atoms with van der Waals surface area (Å²) >= 11 is 6.29. The second-order valence-electron chi connectivity index (χ2n) is 7.65. The summed E-state index contributed by atoms with van der Waals surface area (Å²) in [6.45, 7) is 9.36. The third-order valence-electron chi connectivity index (χ3n) is 4.74. The number of halogens is 1. The highest BCUT2D eigenvalue weighted by Crippen LogP contribution is 2.30. The number of benzene rings is 2. The summed E-state index contributed by atoms with van der Waals surface area (Å²) in [6.07, 6.45) is 0. The normalized spacial score (nSPS) is 15.1. The number of para-hydroxylation sites is 2. The first-order valence-electron chi connectivity index (χ1n) is 9.01. The van der Waals surface area contributed by atoms with Gasteiger partial charge in [0.15, 0.2) is 0 Å². The lowest BCUT2D eigenvalue weighted by Crippen LogP contribution is -2.50. The van der Waals surface area contributed by atoms with Gasteiger partial charge in [-0.1, -0.05) is 62.7 Å². The van der Waals surface area contributed by atoms with Crippen molar-refractivity contribution in [2.75, 3.05) is 36.4 Å². The summed E-state index contributed by atoms with van der Waals surface area (Å²) in [4.78, 5) is 16.8. The van der Waals surface area contributed by atoms with Crippen LogP contribution in [0.2, 0.25) is 5.02 Å². The van der Waals surface area contributed by atoms with Crippen molar-refractivity contribution in [1.82, 2.24) is 4.90 Å². The van der Waals surface area contributed by atoms with Gasteiger partial charge in [0.05, 0.1) is 10.7 Å². The lowest BCUT2D eigenvalue weighted by molar-refractivity contribution is 0.208. The molecule has 0 aliphatic carbocycles. The van der Waals surface area contributed by atoms with Crippen molar-refractivity contribution in [3.63, 3.8) is 0 Å². The second kappa shape index (κ2) is 7.58. The van der Waals surface area contributed by atoms with Crippen LogP contribution in [0.5, 0.6) is 0 Å². The van der Waals surface area contributed by atoms with Gasteiger partial charge in [-0.05, 0) is 29.2 Å². The molecule has 0 unspecified atom stereocenters. The van der Waals surface area contributed by atoms with Crippen LogP contribution in [0.1, 0.15) is 26.3 Å². The Morgan fingerprint density at radius 2 is 1.58 bits per heavy atom. The number of nitrogens with one attached hydrogen (secondary N) is 1. The Morgan fingerprint density at radius 1 is 0.962 bits per heavy atom. The van der Waals surface area contributed by atoms with Crippen molar-refractivity contribution in [1.29, 1.82) is 0 Å². The third-order valence-corrected chi connectivity index (χ3v) is 5.06. The van der Waals surface area contributed by atoms with E-state index >= 15 is 0 Å². The van der Waals surface area contributed by atoms with Crippen LogP contribution in [0.4, 0.5) is 16.2 Å². The average molecular weight is 372 g/mol. The van der Waals surface area contributed by atoms with E-state index in [0.29, 0.717) is 13.1 Å². The average Bonchev–Trinajstić information content (AvgIpc) is 2.62. The van der Waals surface area contributed by atoms with Gasteiger partial charge in [0.1, 0.15) is 0 Å². The highest BCUT2D eigenvalue weighted by molar-refractivity contribution is 6.33. The predicted octanol–water partition coefficient (Wildman–Crippen LogP) is 4.99. The zero-order valence-corrected chi connectivity index (χ0v) is 16.4. The molecular weight excluding hydrogens is 346 g/mol. The lowest BCUT2D eigenvalue weighted by atomic mass is 9.86. The molecular formula is C21H26ClN3O. The Balaban J connectivity index is 1.64. The molecule has 1 fully saturated rings. The van der Waals surface area contributed by atoms with Gasteiger partial charge in [-0.25, -0.2) is 4.79 Å². The Hall–Kier alpha value is -2.20. The Morgan fingerprint density at radius 3 is 2.23 bits per heavy atom. The van der Waals surface area contributed by atoms with Crippen LogP contribution in [-0.2, 0) is 5.41 Å². The van der Waals surface area contributed by atoms with Gasteiger partial charge in [0.25, 0.3) is 0 Å². The first-order chi connectivity index (χ1) is 12.4. The monoisotopic (exact) mass is 371 g/mol. The van der Waals surface area contributed by atoms with E-state index in [1.807, 2.05) is 47.4 Å². The Kier molecular flexibility index (Phi) is 5.42. The van der Waals surface area contributed by atoms with Gasteiger partial charge in [-0.3, -0.25) is 0 Å². The SMILES string of the molecule is CC(C)(C)c1ccccc1NC(=O)N1CCN(c2ccccc2Cl)CC1. The zero-order chi connectivity index (χ0) is 18.7. The van der Waals surface area contributed by atoms with Crippen LogP contribution in [0.3, 0.4) is 0 Å². The summed E-state index contributed by atoms with van der Waals surface area (Å²) in [5.41, 5.74) is 3.04. The van der Waals surface area contributed by atoms with Crippen LogP contribution in [0.15, 0.2) is 48.5 Å². The molecule has 138 valence electrons. The number of carbonyl (C=O) groups excluding carboxylic acids is 1. The predicted molar refractivity (Wildman–Crippen MR) is 109 cm³/mol. The molecule has 0 aromatic heterocycles. The summed E-state index contributed by atoms with van der Waals surface area (Å²) < 4.78 is 0. The van der Waals surface area contributed by atoms with Gasteiger partial charge in [-0.2, -0.15) is 0 Å². The highest BCUT2D eigenvalue weighted by Gasteiger charge is 2.24. The quantitative estimate of drug-likeness (QED) is 0.807. The van der Waals surface area contributed by atoms with Crippen LogP contribution in [0.25, 0.3) is 0 Å². The largest absolute Gasteiger partial charge is 0.367 e. The van der Waals surface area contributed by atoms with Crippen LogP contribution < -0.4 is 10.2 Å². The van der Waals surface area contributed by atoms with Crippen molar-refractivity contribution in [3.8, 4) is 0 Å². The van der Waals surface area contributed by atoms with Crippen molar-refractivity contribution in [3.05, 3.63) is 59.1 Å². The van der Waals surface area contributed by atoms with Crippen molar-refractivity contribution >= 4 is 29.0 Å². The minimum atomic E-state index is -0.0412. The molecule has 1 heterocycles. The molecule has 1 aliphatic heterocycles. The summed E-state index contributed by atoms with van der Waals surface area (Å²) in [5.74, 6) is 0. The minimum absolute atomic E-state index is 0.0212. The smallest absolute Gasteiger partial charge is 0.321 e. The molecule has 1 aliphatic rings. The van der Waals surface area contributed by atoms with E-state index in [0.717, 1.165) is 35.1 Å². The molecule has 0 spiro atoms. The first kappa shape index (κ1) is 18.6. The number of nitrogens with zero attached hydrogens (tertiary/aromatic N) is 2. The fraction of sp³-hybridized carbons (Fsp3) is 0.381. The minimum Gasteiger partial charge on any atom is -0.367 e. The summed E-state index contributed by atoms with van der Waals surface area (Å²) in [7, 11) is 0. The number of anilines is 2. The van der Waals surface area contributed by atoms with E-state index in [9.17, 15) is 4.79 Å². The first-order valence-corrected chi connectivity index (χ1v) is 9.39. The van der Waals surface area contributed by atoms with E-state index in [-0.39, 0.29) is 11.4 Å². The number of hydrogen-bond acceptors (Lipinski definition) is 2. The lowest BCUT2D eigenvalue weighted by Gasteiger charge is -2.36. The standard InChI is InChI=1S/C21H26ClN3O/c1-21(2,3)16-8-4-6-10-18(16)23-20(26)25-14-12-24(13-15-25)19-11-7-5-9-17(19)22/h4-11H,12-15H2,1-3H3,(H,23,26). The molecule has 0 bridgehead atoms. The van der Waals surface area contributed by atoms with Crippen molar-refractivity contribution < 1.29 is 4.79 Å². The summed E-state index contributed by atoms with van der Waals surface area (Å²) in [5, 5.41) is 3.85. The van der Waals surface area contributed by atoms with E-state index < -0.39 is 0 Å². The molecule has 1 saturated heterocycles. The fourth-order valence-electron chi connectivity index (χ4n) is 3.30. The van der Waals surface area contributed by atoms with Crippen LogP contribution >= 0.6 is 11.6 Å². The van der Waals surface area contributed by atoms with E-state index in [2.05, 4.69) is 37.1 Å². The number of urea groups is 1. The zero-order valence-electron chi connectivity index (χ0n) is 15.6. The number of piperazine rings is 1. The molecule has 2 aromatic rings. The Labute approximate surface area is 160 Å². The second-order valence-corrected chi connectivity index (χ2v) is 8.06. The molecule has 0 radical (unpaired) electrons. The summed E-state index contributed by atoms with van der Waals surface area (Å²) in [6, 6.07) is 15.8. The molecule has 26 heavy (non-hydrogen) atoms. The molecule has 1 N–H and O–H groups in total.